The summed E-state index contributed by atoms with van der Waals surface area (Å²) in [6, 6.07) is 2.05. The molecule has 1 aliphatic heterocycles. The number of nitrogens with zero attached hydrogens (tertiary/aromatic N) is 1. The molecule has 3 rings (SSSR count). The molecule has 1 amide bonds. The van der Waals surface area contributed by atoms with Crippen molar-refractivity contribution in [2.75, 3.05) is 19.8 Å². The van der Waals surface area contributed by atoms with Crippen molar-refractivity contribution in [2.24, 2.45) is 5.92 Å². The van der Waals surface area contributed by atoms with Gasteiger partial charge in [0.1, 0.15) is 6.54 Å². The Morgan fingerprint density at radius 1 is 1.41 bits per heavy atom. The van der Waals surface area contributed by atoms with Gasteiger partial charge in [0.25, 0.3) is 0 Å². The van der Waals surface area contributed by atoms with Crippen LogP contribution in [-0.2, 0) is 14.3 Å². The third kappa shape index (κ3) is 3.52. The summed E-state index contributed by atoms with van der Waals surface area (Å²) < 4.78 is 6.38. The van der Waals surface area contributed by atoms with Crippen LogP contribution in [0.25, 0.3) is 0 Å². The van der Waals surface area contributed by atoms with E-state index in [1.165, 1.54) is 5.56 Å². The molecule has 1 N–H and O–H groups in total. The fraction of sp³-hybridized carbons (Fsp3) is 0.600. The number of hydrogen-bond acceptors (Lipinski definition) is 4. The maximum absolute atomic E-state index is 12.7. The molecule has 1 aliphatic carbocycles. The Hall–Kier alpha value is -0.920. The molecule has 120 valence electrons. The molecule has 0 bridgehead atoms. The molecule has 0 unspecified atom stereocenters. The topological polar surface area (TPSA) is 66.8 Å². The highest BCUT2D eigenvalue weighted by Crippen LogP contribution is 2.50. The highest BCUT2D eigenvalue weighted by molar-refractivity contribution is 9.11. The van der Waals surface area contributed by atoms with Crippen LogP contribution in [0.5, 0.6) is 0 Å². The molecule has 22 heavy (non-hydrogen) atoms. The largest absolute Gasteiger partial charge is 0.480 e. The second kappa shape index (κ2) is 6.68. The van der Waals surface area contributed by atoms with E-state index in [-0.39, 0.29) is 30.3 Å². The van der Waals surface area contributed by atoms with Crippen LogP contribution < -0.4 is 0 Å². The molecule has 2 fully saturated rings. The van der Waals surface area contributed by atoms with Crippen molar-refractivity contribution in [1.29, 1.82) is 0 Å². The lowest BCUT2D eigenvalue weighted by atomic mass is 10.1. The van der Waals surface area contributed by atoms with Crippen LogP contribution >= 0.6 is 27.3 Å². The number of carbonyl (C=O) groups excluding carboxylic acids is 1. The minimum absolute atomic E-state index is 0.00666. The van der Waals surface area contributed by atoms with Gasteiger partial charge in [-0.25, -0.2) is 0 Å². The predicted molar refractivity (Wildman–Crippen MR) is 86.1 cm³/mol. The van der Waals surface area contributed by atoms with Crippen LogP contribution in [0.3, 0.4) is 0 Å². The molecular weight excluding hydrogens is 370 g/mol. The van der Waals surface area contributed by atoms with Crippen molar-refractivity contribution in [3.05, 3.63) is 20.8 Å². The molecule has 1 aromatic rings. The number of aliphatic carboxylic acids is 1. The minimum Gasteiger partial charge on any atom is -0.480 e. The molecule has 1 aromatic heterocycles. The van der Waals surface area contributed by atoms with Gasteiger partial charge in [0.2, 0.25) is 5.91 Å². The SMILES string of the molecule is O=C(O)CN(C(=O)[C@@H]1C[C@H]1c1csc(Br)c1)C1CCOCC1. The van der Waals surface area contributed by atoms with Gasteiger partial charge in [-0.05, 0) is 58.1 Å². The average molecular weight is 388 g/mol. The monoisotopic (exact) mass is 387 g/mol. The van der Waals surface area contributed by atoms with Crippen molar-refractivity contribution in [1.82, 2.24) is 4.90 Å². The normalized spacial score (nSPS) is 25.0. The van der Waals surface area contributed by atoms with Crippen LogP contribution in [0.15, 0.2) is 15.2 Å². The van der Waals surface area contributed by atoms with Gasteiger partial charge in [-0.15, -0.1) is 11.3 Å². The summed E-state index contributed by atoms with van der Waals surface area (Å²) in [5.41, 5.74) is 1.18. The van der Waals surface area contributed by atoms with E-state index in [1.807, 2.05) is 0 Å². The Kier molecular flexibility index (Phi) is 4.84. The maximum atomic E-state index is 12.7. The van der Waals surface area contributed by atoms with E-state index in [4.69, 9.17) is 9.84 Å². The first-order chi connectivity index (χ1) is 10.6. The summed E-state index contributed by atoms with van der Waals surface area (Å²) in [5.74, 6) is -0.785. The van der Waals surface area contributed by atoms with Gasteiger partial charge in [0.15, 0.2) is 0 Å². The number of carboxylic acid groups (broad SMARTS) is 1. The average Bonchev–Trinajstić information content (AvgIpc) is 3.19. The highest BCUT2D eigenvalue weighted by Gasteiger charge is 2.47. The van der Waals surface area contributed by atoms with E-state index in [9.17, 15) is 9.59 Å². The van der Waals surface area contributed by atoms with Crippen molar-refractivity contribution in [2.45, 2.75) is 31.2 Å². The van der Waals surface area contributed by atoms with Gasteiger partial charge < -0.3 is 14.7 Å². The summed E-state index contributed by atoms with van der Waals surface area (Å²) in [6.07, 6.45) is 2.27. The standard InChI is InChI=1S/C15H18BrNO4S/c16-13-5-9(8-22-13)11-6-12(11)15(20)17(7-14(18)19)10-1-3-21-4-2-10/h5,8,10-12H,1-4,6-7H2,(H,18,19)/t11-,12+/m0/s1. The molecule has 2 heterocycles. The zero-order chi connectivity index (χ0) is 15.7. The third-order valence-corrected chi connectivity index (χ3v) is 5.87. The van der Waals surface area contributed by atoms with Crippen molar-refractivity contribution in [3.63, 3.8) is 0 Å². The molecule has 2 aliphatic rings. The molecule has 5 nitrogen and oxygen atoms in total. The van der Waals surface area contributed by atoms with E-state index < -0.39 is 5.97 Å². The number of rotatable bonds is 5. The zero-order valence-corrected chi connectivity index (χ0v) is 14.4. The van der Waals surface area contributed by atoms with Gasteiger partial charge in [-0.1, -0.05) is 0 Å². The van der Waals surface area contributed by atoms with Gasteiger partial charge >= 0.3 is 5.97 Å². The van der Waals surface area contributed by atoms with Gasteiger partial charge in [0, 0.05) is 25.2 Å². The fourth-order valence-electron chi connectivity index (χ4n) is 3.10. The number of thiophene rings is 1. The molecule has 1 saturated heterocycles. The van der Waals surface area contributed by atoms with Crippen LogP contribution in [-0.4, -0.2) is 47.7 Å². The van der Waals surface area contributed by atoms with Crippen LogP contribution in [0, 0.1) is 5.92 Å². The van der Waals surface area contributed by atoms with Gasteiger partial charge in [0.05, 0.1) is 3.79 Å². The van der Waals surface area contributed by atoms with E-state index in [2.05, 4.69) is 27.4 Å². The lowest BCUT2D eigenvalue weighted by Gasteiger charge is -2.33. The van der Waals surface area contributed by atoms with Crippen molar-refractivity contribution >= 4 is 39.1 Å². The summed E-state index contributed by atoms with van der Waals surface area (Å²) in [5, 5.41) is 11.2. The third-order valence-electron chi connectivity index (χ3n) is 4.34. The molecule has 0 spiro atoms. The lowest BCUT2D eigenvalue weighted by molar-refractivity contribution is -0.148. The van der Waals surface area contributed by atoms with Crippen LogP contribution in [0.1, 0.15) is 30.7 Å². The molecule has 0 aromatic carbocycles. The quantitative estimate of drug-likeness (QED) is 0.843. The first-order valence-corrected chi connectivity index (χ1v) is 9.07. The maximum Gasteiger partial charge on any atom is 0.323 e. The Bertz CT molecular complexity index is 570. The Morgan fingerprint density at radius 3 is 2.73 bits per heavy atom. The molecular formula is C15H18BrNO4S. The van der Waals surface area contributed by atoms with Crippen LogP contribution in [0.4, 0.5) is 0 Å². The lowest BCUT2D eigenvalue weighted by Crippen LogP contribution is -2.46. The number of ether oxygens (including phenoxy) is 1. The number of halogens is 1. The molecule has 2 atom stereocenters. The summed E-state index contributed by atoms with van der Waals surface area (Å²) >= 11 is 5.06. The number of hydrogen-bond donors (Lipinski definition) is 1. The second-order valence-corrected chi connectivity index (χ2v) is 8.13. The number of amides is 1. The van der Waals surface area contributed by atoms with Crippen LogP contribution in [0.2, 0.25) is 0 Å². The Morgan fingerprint density at radius 2 is 2.14 bits per heavy atom. The highest BCUT2D eigenvalue weighted by atomic mass is 79.9. The molecule has 1 saturated carbocycles. The summed E-state index contributed by atoms with van der Waals surface area (Å²) in [4.78, 5) is 25.4. The fourth-order valence-corrected chi connectivity index (χ4v) is 4.34. The smallest absolute Gasteiger partial charge is 0.323 e. The molecule has 7 heteroatoms. The zero-order valence-electron chi connectivity index (χ0n) is 12.0. The first kappa shape index (κ1) is 16.0. The molecule has 0 radical (unpaired) electrons. The summed E-state index contributed by atoms with van der Waals surface area (Å²) in [6.45, 7) is 0.985. The van der Waals surface area contributed by atoms with Crippen molar-refractivity contribution in [3.8, 4) is 0 Å². The first-order valence-electron chi connectivity index (χ1n) is 7.40. The second-order valence-electron chi connectivity index (χ2n) is 5.84. The van der Waals surface area contributed by atoms with Gasteiger partial charge in [-0.3, -0.25) is 9.59 Å². The number of carboxylic acids is 1. The minimum atomic E-state index is -0.949. The van der Waals surface area contributed by atoms with E-state index >= 15 is 0 Å². The van der Waals surface area contributed by atoms with Gasteiger partial charge in [-0.2, -0.15) is 0 Å². The van der Waals surface area contributed by atoms with Crippen molar-refractivity contribution < 1.29 is 19.4 Å². The van der Waals surface area contributed by atoms with E-state index in [0.29, 0.717) is 13.2 Å². The Balaban J connectivity index is 1.68. The predicted octanol–water partition coefficient (Wildman–Crippen LogP) is 2.71. The van der Waals surface area contributed by atoms with E-state index in [0.717, 1.165) is 23.0 Å². The van der Waals surface area contributed by atoms with E-state index in [1.54, 1.807) is 16.2 Å². The Labute approximate surface area is 141 Å². The number of carbonyl (C=O) groups is 2. The summed E-state index contributed by atoms with van der Waals surface area (Å²) in [7, 11) is 0.